The molecule has 1 aromatic rings. The van der Waals surface area contributed by atoms with E-state index in [1.54, 1.807) is 0 Å². The maximum absolute atomic E-state index is 12.0. The van der Waals surface area contributed by atoms with Crippen molar-refractivity contribution in [1.29, 1.82) is 0 Å². The lowest BCUT2D eigenvalue weighted by atomic mass is 10.0. The highest BCUT2D eigenvalue weighted by Crippen LogP contribution is 2.29. The standard InChI is InChI=1S/C19H26N4O11S/c1-8(24)22-23-18(20-21-19(23)35)17(34-13(6)29)16(33-12(5)28)15(32-11(4)27)14(31-10(3)26)7-30-9(2)25/h14-17H,7H2,1-6H3,(H,21,35)(H,22,24)/t14-,15+,16+,17-/m1/s1. The van der Waals surface area contributed by atoms with Gasteiger partial charge in [-0.15, -0.1) is 0 Å². The maximum Gasteiger partial charge on any atom is 0.303 e. The normalized spacial score (nSPS) is 13.9. The number of rotatable bonds is 11. The largest absolute Gasteiger partial charge is 0.462 e. The first kappa shape index (κ1) is 29.2. The summed E-state index contributed by atoms with van der Waals surface area (Å²) in [6.07, 6.45) is -6.59. The smallest absolute Gasteiger partial charge is 0.303 e. The van der Waals surface area contributed by atoms with E-state index < -0.39 is 66.8 Å². The number of aromatic amines is 1. The second-order valence-corrected chi connectivity index (χ2v) is 7.41. The zero-order chi connectivity index (χ0) is 26.9. The molecule has 0 fully saturated rings. The van der Waals surface area contributed by atoms with Crippen LogP contribution in [0.1, 0.15) is 53.5 Å². The quantitative estimate of drug-likeness (QED) is 0.226. The first-order valence-electron chi connectivity index (χ1n) is 10.00. The fourth-order valence-corrected chi connectivity index (χ4v) is 3.04. The lowest BCUT2D eigenvalue weighted by Gasteiger charge is -2.34. The topological polar surface area (TPSA) is 194 Å². The van der Waals surface area contributed by atoms with E-state index >= 15 is 0 Å². The molecule has 1 amide bonds. The Bertz CT molecular complexity index is 1030. The third-order valence-electron chi connectivity index (χ3n) is 3.88. The van der Waals surface area contributed by atoms with Crippen LogP contribution in [0, 0.1) is 4.77 Å². The van der Waals surface area contributed by atoms with Gasteiger partial charge < -0.3 is 23.7 Å². The van der Waals surface area contributed by atoms with Gasteiger partial charge in [0.2, 0.25) is 16.8 Å². The minimum atomic E-state index is -1.72. The number of nitrogens with zero attached hydrogens (tertiary/aromatic N) is 2. The summed E-state index contributed by atoms with van der Waals surface area (Å²) in [5.74, 6) is -5.17. The highest BCUT2D eigenvalue weighted by Gasteiger charge is 2.46. The molecule has 35 heavy (non-hydrogen) atoms. The molecule has 15 nitrogen and oxygen atoms in total. The first-order valence-corrected chi connectivity index (χ1v) is 10.4. The molecule has 2 N–H and O–H groups in total. The van der Waals surface area contributed by atoms with Crippen LogP contribution in [0.4, 0.5) is 0 Å². The van der Waals surface area contributed by atoms with Crippen molar-refractivity contribution in [1.82, 2.24) is 14.9 Å². The van der Waals surface area contributed by atoms with Gasteiger partial charge in [-0.1, -0.05) is 0 Å². The van der Waals surface area contributed by atoms with E-state index in [4.69, 9.17) is 35.9 Å². The Kier molecular flexibility index (Phi) is 11.0. The summed E-state index contributed by atoms with van der Waals surface area (Å²) >= 11 is 5.08. The molecule has 0 aliphatic rings. The van der Waals surface area contributed by atoms with Crippen LogP contribution in [0.5, 0.6) is 0 Å². The molecule has 0 saturated heterocycles. The number of nitrogens with one attached hydrogen (secondary N) is 2. The Balaban J connectivity index is 3.76. The van der Waals surface area contributed by atoms with Crippen molar-refractivity contribution in [2.24, 2.45) is 0 Å². The number of aromatic nitrogens is 3. The van der Waals surface area contributed by atoms with Gasteiger partial charge in [0.1, 0.15) is 6.61 Å². The molecule has 194 valence electrons. The van der Waals surface area contributed by atoms with Crippen LogP contribution in [0.3, 0.4) is 0 Å². The monoisotopic (exact) mass is 518 g/mol. The van der Waals surface area contributed by atoms with E-state index in [0.717, 1.165) is 39.3 Å². The lowest BCUT2D eigenvalue weighted by molar-refractivity contribution is -0.204. The number of amides is 1. The third-order valence-corrected chi connectivity index (χ3v) is 4.15. The highest BCUT2D eigenvalue weighted by molar-refractivity contribution is 7.71. The number of carbonyl (C=O) groups is 6. The van der Waals surface area contributed by atoms with Gasteiger partial charge in [-0.05, 0) is 12.2 Å². The van der Waals surface area contributed by atoms with Crippen LogP contribution in [0.15, 0.2) is 0 Å². The predicted octanol–water partition coefficient (Wildman–Crippen LogP) is -0.00691. The molecule has 0 unspecified atom stereocenters. The molecule has 0 radical (unpaired) electrons. The van der Waals surface area contributed by atoms with Crippen molar-refractivity contribution in [2.75, 3.05) is 12.0 Å². The van der Waals surface area contributed by atoms with E-state index in [2.05, 4.69) is 15.6 Å². The number of esters is 5. The number of ether oxygens (including phenoxy) is 5. The fraction of sp³-hybridized carbons (Fsp3) is 0.579. The van der Waals surface area contributed by atoms with Crippen LogP contribution in [0.2, 0.25) is 0 Å². The number of hydrogen-bond acceptors (Lipinski definition) is 13. The molecular weight excluding hydrogens is 492 g/mol. The molecule has 0 spiro atoms. The summed E-state index contributed by atoms with van der Waals surface area (Å²) in [4.78, 5) is 70.8. The maximum atomic E-state index is 12.0. The zero-order valence-electron chi connectivity index (χ0n) is 19.8. The summed E-state index contributed by atoms with van der Waals surface area (Å²) in [6.45, 7) is 5.74. The van der Waals surface area contributed by atoms with Crippen molar-refractivity contribution in [3.63, 3.8) is 0 Å². The summed E-state index contributed by atoms with van der Waals surface area (Å²) in [7, 11) is 0. The van der Waals surface area contributed by atoms with Crippen molar-refractivity contribution in [3.8, 4) is 0 Å². The molecule has 4 atom stereocenters. The number of carbonyl (C=O) groups excluding carboxylic acids is 6. The van der Waals surface area contributed by atoms with E-state index in [9.17, 15) is 28.8 Å². The molecule has 1 rings (SSSR count). The van der Waals surface area contributed by atoms with E-state index in [0.29, 0.717) is 0 Å². The fourth-order valence-electron chi connectivity index (χ4n) is 2.86. The van der Waals surface area contributed by atoms with E-state index in [-0.39, 0.29) is 10.6 Å². The number of H-pyrrole nitrogens is 1. The molecule has 0 aromatic carbocycles. The lowest BCUT2D eigenvalue weighted by Crippen LogP contribution is -2.51. The van der Waals surface area contributed by atoms with Gasteiger partial charge in [-0.3, -0.25) is 39.3 Å². The highest BCUT2D eigenvalue weighted by atomic mass is 32.1. The Labute approximate surface area is 204 Å². The number of hydrogen-bond donors (Lipinski definition) is 2. The van der Waals surface area contributed by atoms with Crippen molar-refractivity contribution >= 4 is 48.0 Å². The van der Waals surface area contributed by atoms with Crippen LogP contribution in [0.25, 0.3) is 0 Å². The van der Waals surface area contributed by atoms with Gasteiger partial charge in [0, 0.05) is 41.5 Å². The third kappa shape index (κ3) is 9.52. The minimum absolute atomic E-state index is 0.130. The average molecular weight is 519 g/mol. The van der Waals surface area contributed by atoms with Crippen LogP contribution in [-0.4, -0.2) is 75.5 Å². The Morgan fingerprint density at radius 1 is 0.829 bits per heavy atom. The van der Waals surface area contributed by atoms with Gasteiger partial charge >= 0.3 is 29.8 Å². The summed E-state index contributed by atoms with van der Waals surface area (Å²) in [6, 6.07) is 0. The zero-order valence-corrected chi connectivity index (χ0v) is 20.6. The minimum Gasteiger partial charge on any atom is -0.462 e. The molecule has 16 heteroatoms. The molecule has 0 bridgehead atoms. The second-order valence-electron chi connectivity index (χ2n) is 7.02. The molecule has 0 aliphatic heterocycles. The van der Waals surface area contributed by atoms with Crippen LogP contribution in [-0.2, 0) is 52.5 Å². The Morgan fingerprint density at radius 2 is 1.34 bits per heavy atom. The molecule has 0 saturated carbocycles. The second kappa shape index (κ2) is 13.2. The van der Waals surface area contributed by atoms with Crippen LogP contribution >= 0.6 is 12.2 Å². The van der Waals surface area contributed by atoms with Gasteiger partial charge in [-0.2, -0.15) is 5.10 Å². The van der Waals surface area contributed by atoms with E-state index in [1.165, 1.54) is 6.92 Å². The average Bonchev–Trinajstić information content (AvgIpc) is 3.05. The Morgan fingerprint density at radius 3 is 1.80 bits per heavy atom. The van der Waals surface area contributed by atoms with Crippen molar-refractivity contribution < 1.29 is 52.5 Å². The Hall–Kier alpha value is -3.82. The summed E-state index contributed by atoms with van der Waals surface area (Å²) in [5.41, 5.74) is 2.35. The van der Waals surface area contributed by atoms with Crippen molar-refractivity contribution in [2.45, 2.75) is 66.0 Å². The van der Waals surface area contributed by atoms with Gasteiger partial charge in [0.05, 0.1) is 0 Å². The van der Waals surface area contributed by atoms with Gasteiger partial charge in [0.25, 0.3) is 0 Å². The summed E-state index contributed by atoms with van der Waals surface area (Å²) in [5, 5.41) is 6.33. The SMILES string of the molecule is CC(=O)Nn1c([C@H](OC(C)=O)[C@@H](OC(C)=O)[C@@H](OC(C)=O)[C@@H](COC(C)=O)OC(C)=O)n[nH]c1=S. The molecule has 1 heterocycles. The molecular formula is C19H26N4O11S. The van der Waals surface area contributed by atoms with Gasteiger partial charge in [0.15, 0.2) is 24.1 Å². The van der Waals surface area contributed by atoms with Crippen LogP contribution < -0.4 is 5.43 Å². The predicted molar refractivity (Wildman–Crippen MR) is 115 cm³/mol. The van der Waals surface area contributed by atoms with Gasteiger partial charge in [-0.25, -0.2) is 4.68 Å². The first-order chi connectivity index (χ1) is 16.2. The molecule has 0 aliphatic carbocycles. The summed E-state index contributed by atoms with van der Waals surface area (Å²) < 4.78 is 26.8. The van der Waals surface area contributed by atoms with E-state index in [1.807, 2.05) is 0 Å². The molecule has 1 aromatic heterocycles. The van der Waals surface area contributed by atoms with Crippen molar-refractivity contribution in [3.05, 3.63) is 10.6 Å².